The summed E-state index contributed by atoms with van der Waals surface area (Å²) in [5.41, 5.74) is 2.26. The summed E-state index contributed by atoms with van der Waals surface area (Å²) in [6.07, 6.45) is -2.29. The highest BCUT2D eigenvalue weighted by atomic mass is 31.2. The summed E-state index contributed by atoms with van der Waals surface area (Å²) in [6, 6.07) is 0. The Morgan fingerprint density at radius 3 is 2.17 bits per heavy atom. The third-order valence-electron chi connectivity index (χ3n) is 6.15. The second-order valence-electron chi connectivity index (χ2n) is 11.7. The van der Waals surface area contributed by atoms with Crippen LogP contribution in [0.2, 0.25) is 0 Å². The van der Waals surface area contributed by atoms with E-state index in [0.717, 1.165) is 6.92 Å². The molecule has 1 saturated heterocycles. The maximum atomic E-state index is 15.8. The van der Waals surface area contributed by atoms with Gasteiger partial charge < -0.3 is 25.1 Å². The van der Waals surface area contributed by atoms with E-state index in [0.29, 0.717) is 0 Å². The molecule has 0 unspecified atom stereocenters. The van der Waals surface area contributed by atoms with Crippen molar-refractivity contribution in [1.82, 2.24) is 19.5 Å². The highest BCUT2D eigenvalue weighted by Gasteiger charge is 2.55. The standard InChI is InChI=1S/C24H37FN5O9P/c1-22(2,3)20(32)35-12-37-40(34,38-13-36-21(33)23(4,5)6)9-8-14-16(31)24(7,25)19(39-14)30-11-29-15-17(26)27-10-28-18(15)30/h10-11,14,16,19,31H,8-9,12-13H2,1-7H3,(H2,26,27,28)/t14-,16-,19-,24-/m1/s1. The second-order valence-corrected chi connectivity index (χ2v) is 13.9. The average molecular weight is 590 g/mol. The van der Waals surface area contributed by atoms with E-state index in [2.05, 4.69) is 15.0 Å². The molecule has 1 aliphatic heterocycles. The molecule has 0 amide bonds. The molecule has 40 heavy (non-hydrogen) atoms. The Balaban J connectivity index is 1.73. The summed E-state index contributed by atoms with van der Waals surface area (Å²) in [7, 11) is -4.11. The van der Waals surface area contributed by atoms with E-state index in [4.69, 9.17) is 29.0 Å². The highest BCUT2D eigenvalue weighted by Crippen LogP contribution is 2.51. The van der Waals surface area contributed by atoms with Crippen molar-refractivity contribution < 1.29 is 46.9 Å². The average Bonchev–Trinajstić information content (AvgIpc) is 3.36. The number of anilines is 1. The van der Waals surface area contributed by atoms with Gasteiger partial charge in [0.1, 0.15) is 17.9 Å². The molecule has 0 aromatic carbocycles. The molecule has 224 valence electrons. The Labute approximate surface area is 231 Å². The highest BCUT2D eigenvalue weighted by molar-refractivity contribution is 7.53. The molecule has 0 saturated carbocycles. The zero-order chi connectivity index (χ0) is 30.1. The predicted octanol–water partition coefficient (Wildman–Crippen LogP) is 3.11. The first-order valence-corrected chi connectivity index (χ1v) is 14.3. The van der Waals surface area contributed by atoms with Gasteiger partial charge in [0.15, 0.2) is 23.4 Å². The van der Waals surface area contributed by atoms with Gasteiger partial charge >= 0.3 is 19.5 Å². The van der Waals surface area contributed by atoms with Crippen LogP contribution in [-0.4, -0.2) is 74.2 Å². The maximum absolute atomic E-state index is 15.8. The molecule has 1 fully saturated rings. The van der Waals surface area contributed by atoms with Crippen LogP contribution in [0.4, 0.5) is 10.2 Å². The number of aromatic nitrogens is 4. The second kappa shape index (κ2) is 11.6. The molecule has 0 radical (unpaired) electrons. The number of rotatable bonds is 10. The monoisotopic (exact) mass is 589 g/mol. The Hall–Kier alpha value is -2.71. The van der Waals surface area contributed by atoms with Crippen molar-refractivity contribution in [1.29, 1.82) is 0 Å². The number of ether oxygens (including phenoxy) is 3. The molecule has 2 aromatic heterocycles. The first-order valence-electron chi connectivity index (χ1n) is 12.5. The van der Waals surface area contributed by atoms with E-state index in [1.54, 1.807) is 41.5 Å². The molecule has 14 nitrogen and oxygen atoms in total. The molecule has 0 aliphatic carbocycles. The fraction of sp³-hybridized carbons (Fsp3) is 0.708. The number of alkyl halides is 1. The van der Waals surface area contributed by atoms with Crippen molar-refractivity contribution >= 4 is 36.5 Å². The summed E-state index contributed by atoms with van der Waals surface area (Å²) in [5, 5.41) is 10.8. The minimum atomic E-state index is -4.11. The number of nitrogen functional groups attached to an aromatic ring is 1. The van der Waals surface area contributed by atoms with Crippen molar-refractivity contribution in [3.8, 4) is 0 Å². The van der Waals surface area contributed by atoms with Crippen LogP contribution in [0.25, 0.3) is 11.2 Å². The van der Waals surface area contributed by atoms with Crippen molar-refractivity contribution in [3.05, 3.63) is 12.7 Å². The van der Waals surface area contributed by atoms with Crippen molar-refractivity contribution in [2.24, 2.45) is 10.8 Å². The number of fused-ring (bicyclic) bond motifs is 1. The van der Waals surface area contributed by atoms with Gasteiger partial charge in [0.2, 0.25) is 13.6 Å². The van der Waals surface area contributed by atoms with Gasteiger partial charge in [0.25, 0.3) is 0 Å². The molecule has 0 spiro atoms. The van der Waals surface area contributed by atoms with Gasteiger partial charge in [-0.3, -0.25) is 27.8 Å². The first kappa shape index (κ1) is 31.8. The summed E-state index contributed by atoms with van der Waals surface area (Å²) in [4.78, 5) is 36.2. The lowest BCUT2D eigenvalue weighted by Crippen LogP contribution is -2.39. The SMILES string of the molecule is CC(C)(C)C(=O)OCOP(=O)(CC[C@H]1O[C@@H](n2cnc3c(N)ncnc32)[C@](C)(F)[C@@H]1O)OCOC(=O)C(C)(C)C. The Morgan fingerprint density at radius 2 is 1.65 bits per heavy atom. The molecule has 0 bridgehead atoms. The van der Waals surface area contributed by atoms with E-state index in [-0.39, 0.29) is 23.4 Å². The molecule has 1 aliphatic rings. The molecular weight excluding hydrogens is 552 g/mol. The quantitative estimate of drug-likeness (QED) is 0.234. The lowest BCUT2D eigenvalue weighted by atomic mass is 9.97. The van der Waals surface area contributed by atoms with E-state index in [9.17, 15) is 19.3 Å². The van der Waals surface area contributed by atoms with Crippen molar-refractivity contribution in [3.63, 3.8) is 0 Å². The number of carbonyl (C=O) groups excluding carboxylic acids is 2. The van der Waals surface area contributed by atoms with Gasteiger partial charge in [-0.05, 0) is 54.9 Å². The molecule has 3 N–H and O–H groups in total. The van der Waals surface area contributed by atoms with Gasteiger partial charge in [-0.25, -0.2) is 19.3 Å². The van der Waals surface area contributed by atoms with E-state index >= 15 is 4.39 Å². The van der Waals surface area contributed by atoms with E-state index in [1.807, 2.05) is 0 Å². The van der Waals surface area contributed by atoms with Crippen LogP contribution in [0.15, 0.2) is 12.7 Å². The number of esters is 2. The largest absolute Gasteiger partial charge is 0.438 e. The number of carbonyl (C=O) groups is 2. The van der Waals surface area contributed by atoms with Gasteiger partial charge in [-0.2, -0.15) is 0 Å². The van der Waals surface area contributed by atoms with Gasteiger partial charge in [0.05, 0.1) is 29.4 Å². The van der Waals surface area contributed by atoms with Crippen molar-refractivity contribution in [2.45, 2.75) is 79.0 Å². The third kappa shape index (κ3) is 7.13. The molecule has 16 heteroatoms. The van der Waals surface area contributed by atoms with Gasteiger partial charge in [0, 0.05) is 0 Å². The number of halogens is 1. The van der Waals surface area contributed by atoms with Crippen LogP contribution >= 0.6 is 7.60 Å². The van der Waals surface area contributed by atoms with Crippen molar-refractivity contribution in [2.75, 3.05) is 25.5 Å². The molecular formula is C24H37FN5O9P. The molecule has 4 atom stereocenters. The molecule has 2 aromatic rings. The minimum absolute atomic E-state index is 0.0916. The Morgan fingerprint density at radius 1 is 1.10 bits per heavy atom. The predicted molar refractivity (Wildman–Crippen MR) is 139 cm³/mol. The minimum Gasteiger partial charge on any atom is -0.438 e. The summed E-state index contributed by atoms with van der Waals surface area (Å²) >= 11 is 0. The van der Waals surface area contributed by atoms with Crippen LogP contribution in [0.5, 0.6) is 0 Å². The van der Waals surface area contributed by atoms with Gasteiger partial charge in [-0.1, -0.05) is 0 Å². The van der Waals surface area contributed by atoms with Crippen LogP contribution < -0.4 is 5.73 Å². The Bertz CT molecular complexity index is 1240. The maximum Gasteiger partial charge on any atom is 0.336 e. The summed E-state index contributed by atoms with van der Waals surface area (Å²) < 4.78 is 57.1. The number of nitrogens with two attached hydrogens (primary N) is 1. The number of hydrogen-bond acceptors (Lipinski definition) is 13. The van der Waals surface area contributed by atoms with E-state index < -0.39 is 74.2 Å². The third-order valence-corrected chi connectivity index (χ3v) is 7.95. The summed E-state index contributed by atoms with van der Waals surface area (Å²) in [6.45, 7) is 9.52. The number of hydrogen-bond donors (Lipinski definition) is 2. The van der Waals surface area contributed by atoms with Crippen LogP contribution in [0, 0.1) is 10.8 Å². The molecule has 3 rings (SSSR count). The first-order chi connectivity index (χ1) is 18.4. The van der Waals surface area contributed by atoms with Gasteiger partial charge in [-0.15, -0.1) is 0 Å². The lowest BCUT2D eigenvalue weighted by Gasteiger charge is -2.24. The number of aliphatic hydroxyl groups excluding tert-OH is 1. The molecule has 3 heterocycles. The smallest absolute Gasteiger partial charge is 0.336 e. The Kier molecular flexibility index (Phi) is 9.26. The normalized spacial score (nSPS) is 23.9. The fourth-order valence-electron chi connectivity index (χ4n) is 3.69. The number of nitrogens with zero attached hydrogens (tertiary/aromatic N) is 4. The van der Waals surface area contributed by atoms with E-state index in [1.165, 1.54) is 17.2 Å². The lowest BCUT2D eigenvalue weighted by molar-refractivity contribution is -0.162. The zero-order valence-corrected chi connectivity index (χ0v) is 24.5. The number of imidazole rings is 1. The zero-order valence-electron chi connectivity index (χ0n) is 23.6. The van der Waals surface area contributed by atoms with Crippen LogP contribution in [0.3, 0.4) is 0 Å². The summed E-state index contributed by atoms with van der Waals surface area (Å²) in [5.74, 6) is -1.13. The topological polar surface area (TPSA) is 187 Å². The fourth-order valence-corrected chi connectivity index (χ4v) is 5.02. The number of aliphatic hydroxyl groups is 1. The van der Waals surface area contributed by atoms with Crippen LogP contribution in [0.1, 0.15) is 61.1 Å². The van der Waals surface area contributed by atoms with Crippen LogP contribution in [-0.2, 0) is 37.4 Å².